The van der Waals surface area contributed by atoms with Gasteiger partial charge in [0.2, 0.25) is 0 Å². The Morgan fingerprint density at radius 2 is 1.81 bits per heavy atom. The van der Waals surface area contributed by atoms with Gasteiger partial charge in [-0.15, -0.1) is 0 Å². The summed E-state index contributed by atoms with van der Waals surface area (Å²) in [5, 5.41) is 3.40. The zero-order valence-electron chi connectivity index (χ0n) is 13.4. The molecule has 0 amide bonds. The van der Waals surface area contributed by atoms with E-state index in [0.717, 1.165) is 24.6 Å². The van der Waals surface area contributed by atoms with E-state index in [9.17, 15) is 0 Å². The van der Waals surface area contributed by atoms with E-state index in [4.69, 9.17) is 4.98 Å². The van der Waals surface area contributed by atoms with Gasteiger partial charge in [0.25, 0.3) is 0 Å². The maximum absolute atomic E-state index is 4.72. The van der Waals surface area contributed by atoms with Crippen molar-refractivity contribution in [2.75, 3.05) is 11.9 Å². The lowest BCUT2D eigenvalue weighted by Crippen LogP contribution is -2.23. The average molecular weight is 283 g/mol. The standard InChI is InChI=1S/C18H25N3/c1-14(2)19-12-17-6-5-7-18(20-17)21(4)13-16-10-8-15(3)9-11-16/h5-11,14,19H,12-13H2,1-4H3. The van der Waals surface area contributed by atoms with Crippen LogP contribution in [-0.4, -0.2) is 18.1 Å². The lowest BCUT2D eigenvalue weighted by molar-refractivity contribution is 0.581. The monoisotopic (exact) mass is 283 g/mol. The summed E-state index contributed by atoms with van der Waals surface area (Å²) in [6.45, 7) is 8.08. The fourth-order valence-electron chi connectivity index (χ4n) is 2.14. The van der Waals surface area contributed by atoms with Crippen LogP contribution in [0.2, 0.25) is 0 Å². The van der Waals surface area contributed by atoms with E-state index >= 15 is 0 Å². The van der Waals surface area contributed by atoms with Gasteiger partial charge in [0.1, 0.15) is 5.82 Å². The van der Waals surface area contributed by atoms with E-state index in [0.29, 0.717) is 6.04 Å². The van der Waals surface area contributed by atoms with E-state index in [1.807, 2.05) is 0 Å². The molecule has 3 nitrogen and oxygen atoms in total. The Bertz CT molecular complexity index is 561. The fraction of sp³-hybridized carbons (Fsp3) is 0.389. The Morgan fingerprint density at radius 1 is 1.10 bits per heavy atom. The van der Waals surface area contributed by atoms with Crippen molar-refractivity contribution in [2.45, 2.75) is 39.9 Å². The molecule has 1 N–H and O–H groups in total. The van der Waals surface area contributed by atoms with Crippen LogP contribution in [0.4, 0.5) is 5.82 Å². The Morgan fingerprint density at radius 3 is 2.48 bits per heavy atom. The molecule has 0 saturated heterocycles. The first-order chi connectivity index (χ1) is 10.0. The first-order valence-corrected chi connectivity index (χ1v) is 7.50. The molecule has 0 atom stereocenters. The first-order valence-electron chi connectivity index (χ1n) is 7.50. The highest BCUT2D eigenvalue weighted by Crippen LogP contribution is 2.14. The Kier molecular flexibility index (Phi) is 5.34. The highest BCUT2D eigenvalue weighted by Gasteiger charge is 2.05. The molecule has 1 aromatic heterocycles. The highest BCUT2D eigenvalue weighted by molar-refractivity contribution is 5.39. The van der Waals surface area contributed by atoms with Gasteiger partial charge in [0, 0.05) is 26.2 Å². The van der Waals surface area contributed by atoms with Crippen molar-refractivity contribution in [2.24, 2.45) is 0 Å². The normalized spacial score (nSPS) is 10.9. The Labute approximate surface area is 128 Å². The zero-order chi connectivity index (χ0) is 15.2. The van der Waals surface area contributed by atoms with Gasteiger partial charge in [-0.3, -0.25) is 0 Å². The second-order valence-electron chi connectivity index (χ2n) is 5.86. The molecule has 0 unspecified atom stereocenters. The third-order valence-electron chi connectivity index (χ3n) is 3.41. The van der Waals surface area contributed by atoms with Crippen LogP contribution in [0, 0.1) is 6.92 Å². The largest absolute Gasteiger partial charge is 0.355 e. The molecule has 0 aliphatic rings. The third kappa shape index (κ3) is 4.87. The van der Waals surface area contributed by atoms with Gasteiger partial charge in [-0.05, 0) is 24.6 Å². The van der Waals surface area contributed by atoms with Crippen LogP contribution in [-0.2, 0) is 13.1 Å². The van der Waals surface area contributed by atoms with Crippen LogP contribution >= 0.6 is 0 Å². The molecule has 1 heterocycles. The van der Waals surface area contributed by atoms with Crippen LogP contribution in [0.15, 0.2) is 42.5 Å². The van der Waals surface area contributed by atoms with Gasteiger partial charge < -0.3 is 10.2 Å². The molecular formula is C18H25N3. The van der Waals surface area contributed by atoms with Crippen LogP contribution in [0.1, 0.15) is 30.7 Å². The lowest BCUT2D eigenvalue weighted by Gasteiger charge is -2.19. The van der Waals surface area contributed by atoms with Crippen molar-refractivity contribution in [3.63, 3.8) is 0 Å². The third-order valence-corrected chi connectivity index (χ3v) is 3.41. The number of anilines is 1. The van der Waals surface area contributed by atoms with Crippen molar-refractivity contribution in [3.8, 4) is 0 Å². The summed E-state index contributed by atoms with van der Waals surface area (Å²) in [5.41, 5.74) is 3.67. The van der Waals surface area contributed by atoms with Gasteiger partial charge >= 0.3 is 0 Å². The first kappa shape index (κ1) is 15.5. The number of rotatable bonds is 6. The van der Waals surface area contributed by atoms with Gasteiger partial charge in [0.05, 0.1) is 5.69 Å². The number of nitrogens with zero attached hydrogens (tertiary/aromatic N) is 2. The molecular weight excluding hydrogens is 258 g/mol. The predicted molar refractivity (Wildman–Crippen MR) is 89.5 cm³/mol. The summed E-state index contributed by atoms with van der Waals surface area (Å²) in [6, 6.07) is 15.3. The van der Waals surface area contributed by atoms with E-state index in [1.165, 1.54) is 11.1 Å². The fourth-order valence-corrected chi connectivity index (χ4v) is 2.14. The predicted octanol–water partition coefficient (Wildman–Crippen LogP) is 3.52. The number of hydrogen-bond donors (Lipinski definition) is 1. The van der Waals surface area contributed by atoms with Crippen molar-refractivity contribution < 1.29 is 0 Å². The Hall–Kier alpha value is -1.87. The number of aromatic nitrogens is 1. The average Bonchev–Trinajstić information content (AvgIpc) is 2.48. The number of nitrogens with one attached hydrogen (secondary N) is 1. The van der Waals surface area contributed by atoms with E-state index < -0.39 is 0 Å². The van der Waals surface area contributed by atoms with Crippen LogP contribution < -0.4 is 10.2 Å². The highest BCUT2D eigenvalue weighted by atomic mass is 15.2. The molecule has 0 bridgehead atoms. The van der Waals surface area contributed by atoms with Crippen molar-refractivity contribution in [1.82, 2.24) is 10.3 Å². The molecule has 0 saturated carbocycles. The Balaban J connectivity index is 2.03. The summed E-state index contributed by atoms with van der Waals surface area (Å²) in [5.74, 6) is 1.01. The number of benzene rings is 1. The number of pyridine rings is 1. The quantitative estimate of drug-likeness (QED) is 0.879. The van der Waals surface area contributed by atoms with Gasteiger partial charge in [-0.1, -0.05) is 49.7 Å². The molecule has 1 aromatic carbocycles. The maximum Gasteiger partial charge on any atom is 0.128 e. The molecule has 0 aliphatic carbocycles. The maximum atomic E-state index is 4.72. The molecule has 0 fully saturated rings. The summed E-state index contributed by atoms with van der Waals surface area (Å²) in [7, 11) is 2.09. The zero-order valence-corrected chi connectivity index (χ0v) is 13.4. The van der Waals surface area contributed by atoms with E-state index in [1.54, 1.807) is 0 Å². The summed E-state index contributed by atoms with van der Waals surface area (Å²) in [6.07, 6.45) is 0. The van der Waals surface area contributed by atoms with Crippen molar-refractivity contribution >= 4 is 5.82 Å². The minimum atomic E-state index is 0.473. The van der Waals surface area contributed by atoms with Crippen LogP contribution in [0.3, 0.4) is 0 Å². The van der Waals surface area contributed by atoms with Gasteiger partial charge in [0.15, 0.2) is 0 Å². The molecule has 2 aromatic rings. The summed E-state index contributed by atoms with van der Waals surface area (Å²) in [4.78, 5) is 6.91. The molecule has 0 aliphatic heterocycles. The molecule has 3 heteroatoms. The second kappa shape index (κ2) is 7.23. The minimum absolute atomic E-state index is 0.473. The summed E-state index contributed by atoms with van der Waals surface area (Å²) >= 11 is 0. The molecule has 0 radical (unpaired) electrons. The molecule has 21 heavy (non-hydrogen) atoms. The molecule has 0 spiro atoms. The number of aryl methyl sites for hydroxylation is 1. The van der Waals surface area contributed by atoms with E-state index in [-0.39, 0.29) is 0 Å². The number of hydrogen-bond acceptors (Lipinski definition) is 3. The van der Waals surface area contributed by atoms with Crippen LogP contribution in [0.25, 0.3) is 0 Å². The lowest BCUT2D eigenvalue weighted by atomic mass is 10.1. The smallest absolute Gasteiger partial charge is 0.128 e. The second-order valence-corrected chi connectivity index (χ2v) is 5.86. The van der Waals surface area contributed by atoms with Crippen LogP contribution in [0.5, 0.6) is 0 Å². The van der Waals surface area contributed by atoms with Crippen molar-refractivity contribution in [3.05, 3.63) is 59.3 Å². The van der Waals surface area contributed by atoms with Crippen molar-refractivity contribution in [1.29, 1.82) is 0 Å². The van der Waals surface area contributed by atoms with E-state index in [2.05, 4.69) is 80.5 Å². The minimum Gasteiger partial charge on any atom is -0.355 e. The SMILES string of the molecule is Cc1ccc(CN(C)c2cccc(CNC(C)C)n2)cc1. The van der Waals surface area contributed by atoms with Gasteiger partial charge in [-0.25, -0.2) is 4.98 Å². The summed E-state index contributed by atoms with van der Waals surface area (Å²) < 4.78 is 0. The topological polar surface area (TPSA) is 28.2 Å². The molecule has 112 valence electrons. The van der Waals surface area contributed by atoms with Gasteiger partial charge in [-0.2, -0.15) is 0 Å². The molecule has 2 rings (SSSR count).